The minimum atomic E-state index is -0.0391. The molecule has 1 N–H and O–H groups in total. The second kappa shape index (κ2) is 8.52. The summed E-state index contributed by atoms with van der Waals surface area (Å²) in [6, 6.07) is 18.5. The minimum Gasteiger partial charge on any atom is -0.352 e. The summed E-state index contributed by atoms with van der Waals surface area (Å²) in [6.45, 7) is 7.57. The maximum atomic E-state index is 12.5. The van der Waals surface area contributed by atoms with E-state index in [1.807, 2.05) is 31.2 Å². The highest BCUT2D eigenvalue weighted by molar-refractivity contribution is 5.94. The van der Waals surface area contributed by atoms with Gasteiger partial charge in [-0.05, 0) is 48.6 Å². The van der Waals surface area contributed by atoms with E-state index in [1.54, 1.807) is 0 Å². The van der Waals surface area contributed by atoms with Crippen molar-refractivity contribution in [3.8, 4) is 0 Å². The van der Waals surface area contributed by atoms with E-state index in [-0.39, 0.29) is 5.91 Å². The first-order valence-corrected chi connectivity index (χ1v) is 10.4. The molecule has 0 fully saturated rings. The molecule has 150 valence electrons. The summed E-state index contributed by atoms with van der Waals surface area (Å²) in [4.78, 5) is 14.8. The SMILES string of the molecule is CCc1ccc(CNC(=O)c2ccc(CN3CCCn4nc(C)cc43)cc2)cc1. The van der Waals surface area contributed by atoms with Crippen molar-refractivity contribution < 1.29 is 4.79 Å². The monoisotopic (exact) mass is 388 g/mol. The van der Waals surface area contributed by atoms with Crippen molar-refractivity contribution >= 4 is 11.7 Å². The van der Waals surface area contributed by atoms with Crippen LogP contribution in [0.25, 0.3) is 0 Å². The van der Waals surface area contributed by atoms with Crippen LogP contribution < -0.4 is 10.2 Å². The zero-order valence-electron chi connectivity index (χ0n) is 17.2. The lowest BCUT2D eigenvalue weighted by Crippen LogP contribution is -2.31. The van der Waals surface area contributed by atoms with E-state index in [0.29, 0.717) is 12.1 Å². The summed E-state index contributed by atoms with van der Waals surface area (Å²) < 4.78 is 2.09. The first-order valence-electron chi connectivity index (χ1n) is 10.4. The third-order valence-electron chi connectivity index (χ3n) is 5.48. The van der Waals surface area contributed by atoms with Gasteiger partial charge in [-0.25, -0.2) is 4.68 Å². The van der Waals surface area contributed by atoms with Crippen LogP contribution in [0.1, 0.15) is 46.1 Å². The molecule has 1 aromatic heterocycles. The first kappa shape index (κ1) is 19.2. The molecule has 0 radical (unpaired) electrons. The van der Waals surface area contributed by atoms with Gasteiger partial charge in [0, 0.05) is 37.8 Å². The van der Waals surface area contributed by atoms with E-state index < -0.39 is 0 Å². The topological polar surface area (TPSA) is 50.2 Å². The Bertz CT molecular complexity index is 973. The van der Waals surface area contributed by atoms with E-state index in [0.717, 1.165) is 43.7 Å². The van der Waals surface area contributed by atoms with E-state index in [2.05, 4.69) is 57.3 Å². The third-order valence-corrected chi connectivity index (χ3v) is 5.48. The molecule has 3 aromatic rings. The summed E-state index contributed by atoms with van der Waals surface area (Å²) >= 11 is 0. The molecule has 5 heteroatoms. The first-order chi connectivity index (χ1) is 14.1. The van der Waals surface area contributed by atoms with Crippen LogP contribution in [0.4, 0.5) is 5.82 Å². The molecule has 0 unspecified atom stereocenters. The zero-order chi connectivity index (χ0) is 20.2. The van der Waals surface area contributed by atoms with Gasteiger partial charge in [-0.15, -0.1) is 0 Å². The van der Waals surface area contributed by atoms with Crippen molar-refractivity contribution in [3.05, 3.63) is 82.5 Å². The number of benzene rings is 2. The number of aromatic nitrogens is 2. The summed E-state index contributed by atoms with van der Waals surface area (Å²) in [5, 5.41) is 7.57. The van der Waals surface area contributed by atoms with Crippen molar-refractivity contribution in [3.63, 3.8) is 0 Å². The number of nitrogens with zero attached hydrogens (tertiary/aromatic N) is 3. The molecular formula is C24H28N4O. The number of anilines is 1. The molecule has 0 atom stereocenters. The van der Waals surface area contributed by atoms with Crippen molar-refractivity contribution in [2.75, 3.05) is 11.4 Å². The number of nitrogens with one attached hydrogen (secondary N) is 1. The van der Waals surface area contributed by atoms with Gasteiger partial charge >= 0.3 is 0 Å². The summed E-state index contributed by atoms with van der Waals surface area (Å²) in [5.74, 6) is 1.15. The lowest BCUT2D eigenvalue weighted by atomic mass is 10.1. The third kappa shape index (κ3) is 4.50. The molecule has 4 rings (SSSR count). The van der Waals surface area contributed by atoms with Crippen LogP contribution in [0, 0.1) is 6.92 Å². The van der Waals surface area contributed by atoms with Crippen LogP contribution in [0.5, 0.6) is 0 Å². The molecule has 1 aliphatic rings. The van der Waals surface area contributed by atoms with Crippen molar-refractivity contribution in [2.24, 2.45) is 0 Å². The van der Waals surface area contributed by atoms with Crippen molar-refractivity contribution in [2.45, 2.75) is 46.3 Å². The molecule has 0 saturated carbocycles. The van der Waals surface area contributed by atoms with Gasteiger partial charge in [0.15, 0.2) is 0 Å². The molecule has 2 heterocycles. The fourth-order valence-electron chi connectivity index (χ4n) is 3.80. The van der Waals surface area contributed by atoms with E-state index in [4.69, 9.17) is 0 Å². The molecule has 0 saturated heterocycles. The second-order valence-electron chi connectivity index (χ2n) is 7.69. The van der Waals surface area contributed by atoms with Gasteiger partial charge in [0.2, 0.25) is 0 Å². The summed E-state index contributed by atoms with van der Waals surface area (Å²) in [6.07, 6.45) is 2.13. The number of amides is 1. The molecule has 1 aliphatic heterocycles. The Morgan fingerprint density at radius 2 is 1.69 bits per heavy atom. The Hall–Kier alpha value is -3.08. The maximum Gasteiger partial charge on any atom is 0.251 e. The number of aryl methyl sites for hydroxylation is 3. The van der Waals surface area contributed by atoms with E-state index in [1.165, 1.54) is 16.9 Å². The Labute approximate surface area is 172 Å². The number of rotatable bonds is 6. The Balaban J connectivity index is 1.35. The number of hydrogen-bond acceptors (Lipinski definition) is 3. The largest absolute Gasteiger partial charge is 0.352 e. The Morgan fingerprint density at radius 1 is 1.00 bits per heavy atom. The molecule has 0 spiro atoms. The van der Waals surface area contributed by atoms with Crippen LogP contribution in [0.2, 0.25) is 0 Å². The van der Waals surface area contributed by atoms with Crippen molar-refractivity contribution in [1.82, 2.24) is 15.1 Å². The summed E-state index contributed by atoms with van der Waals surface area (Å²) in [7, 11) is 0. The molecule has 0 aliphatic carbocycles. The molecule has 5 nitrogen and oxygen atoms in total. The number of carbonyl (C=O) groups is 1. The van der Waals surface area contributed by atoms with Crippen molar-refractivity contribution in [1.29, 1.82) is 0 Å². The fourth-order valence-corrected chi connectivity index (χ4v) is 3.80. The Kier molecular flexibility index (Phi) is 5.65. The molecule has 1 amide bonds. The molecule has 29 heavy (non-hydrogen) atoms. The fraction of sp³-hybridized carbons (Fsp3) is 0.333. The smallest absolute Gasteiger partial charge is 0.251 e. The molecule has 2 aromatic carbocycles. The predicted molar refractivity (Wildman–Crippen MR) is 116 cm³/mol. The lowest BCUT2D eigenvalue weighted by Gasteiger charge is -2.29. The standard InChI is InChI=1S/C24H28N4O/c1-3-19-5-7-20(8-6-19)16-25-24(29)22-11-9-21(10-12-22)17-27-13-4-14-28-23(27)15-18(2)26-28/h5-12,15H,3-4,13-14,16-17H2,1-2H3,(H,25,29). The van der Waals surface area contributed by atoms with Gasteiger partial charge in [-0.3, -0.25) is 4.79 Å². The van der Waals surface area contributed by atoms with Gasteiger partial charge in [0.1, 0.15) is 5.82 Å². The average Bonchev–Trinajstić information content (AvgIpc) is 3.14. The quantitative estimate of drug-likeness (QED) is 0.692. The van der Waals surface area contributed by atoms with Crippen LogP contribution in [0.15, 0.2) is 54.6 Å². The Morgan fingerprint density at radius 3 is 2.41 bits per heavy atom. The minimum absolute atomic E-state index is 0.0391. The zero-order valence-corrected chi connectivity index (χ0v) is 17.2. The van der Waals surface area contributed by atoms with Gasteiger partial charge < -0.3 is 10.2 Å². The number of carbonyl (C=O) groups excluding carboxylic acids is 1. The number of hydrogen-bond donors (Lipinski definition) is 1. The molecule has 0 bridgehead atoms. The van der Waals surface area contributed by atoms with Crippen LogP contribution >= 0.6 is 0 Å². The van der Waals surface area contributed by atoms with E-state index in [9.17, 15) is 4.79 Å². The number of fused-ring (bicyclic) bond motifs is 1. The highest BCUT2D eigenvalue weighted by atomic mass is 16.1. The van der Waals surface area contributed by atoms with E-state index >= 15 is 0 Å². The summed E-state index contributed by atoms with van der Waals surface area (Å²) in [5.41, 5.74) is 5.37. The highest BCUT2D eigenvalue weighted by Gasteiger charge is 2.18. The normalized spacial score (nSPS) is 13.2. The van der Waals surface area contributed by atoms with Crippen LogP contribution in [-0.4, -0.2) is 22.2 Å². The van der Waals surface area contributed by atoms with Crippen LogP contribution in [-0.2, 0) is 26.1 Å². The maximum absolute atomic E-state index is 12.5. The predicted octanol–water partition coefficient (Wildman–Crippen LogP) is 4.09. The van der Waals surface area contributed by atoms with Gasteiger partial charge in [0.25, 0.3) is 5.91 Å². The average molecular weight is 389 g/mol. The van der Waals surface area contributed by atoms with Gasteiger partial charge in [-0.1, -0.05) is 43.3 Å². The molecular weight excluding hydrogens is 360 g/mol. The van der Waals surface area contributed by atoms with Gasteiger partial charge in [0.05, 0.1) is 5.69 Å². The van der Waals surface area contributed by atoms with Gasteiger partial charge in [-0.2, -0.15) is 5.10 Å². The second-order valence-corrected chi connectivity index (χ2v) is 7.69. The highest BCUT2D eigenvalue weighted by Crippen LogP contribution is 2.23. The lowest BCUT2D eigenvalue weighted by molar-refractivity contribution is 0.0951. The van der Waals surface area contributed by atoms with Crippen LogP contribution in [0.3, 0.4) is 0 Å².